The Hall–Kier alpha value is 0.140. The lowest BCUT2D eigenvalue weighted by Crippen LogP contribution is -1.65. The van der Waals surface area contributed by atoms with E-state index in [4.69, 9.17) is 0 Å². The first-order valence-corrected chi connectivity index (χ1v) is 3.34. The molecule has 0 N–H and O–H groups in total. The third-order valence-electron chi connectivity index (χ3n) is 0. The summed E-state index contributed by atoms with van der Waals surface area (Å²) in [4.78, 5) is 0. The summed E-state index contributed by atoms with van der Waals surface area (Å²) in [6, 6.07) is 0. The number of hydrogen-bond acceptors (Lipinski definition) is 0. The van der Waals surface area contributed by atoms with Crippen molar-refractivity contribution in [3.05, 3.63) is 0 Å². The van der Waals surface area contributed by atoms with Crippen molar-refractivity contribution in [1.29, 1.82) is 0 Å². The second kappa shape index (κ2) is 9.46. The Labute approximate surface area is 45.1 Å². The Morgan fingerprint density at radius 3 is 1.14 bits per heavy atom. The van der Waals surface area contributed by atoms with Gasteiger partial charge < -0.3 is 0 Å². The first-order valence-electron chi connectivity index (χ1n) is 1.55. The summed E-state index contributed by atoms with van der Waals surface area (Å²) in [7, 11) is 0. The van der Waals surface area contributed by atoms with Gasteiger partial charge in [-0.3, -0.25) is 0 Å². The van der Waals surface area contributed by atoms with Crippen LogP contribution in [0, 0.1) is 0 Å². The Bertz CT molecular complexity index is 21.4. The largest absolute Gasteiger partial charge is 0.379 e. The Morgan fingerprint density at radius 1 is 1.14 bits per heavy atom. The Morgan fingerprint density at radius 2 is 1.14 bits per heavy atom. The highest BCUT2D eigenvalue weighted by Crippen LogP contribution is 1.87. The van der Waals surface area contributed by atoms with Crippen LogP contribution in [0.5, 0.6) is 0 Å². The fourth-order valence-corrected chi connectivity index (χ4v) is 0. The molecule has 0 aliphatic rings. The highest BCUT2D eigenvalue weighted by molar-refractivity contribution is 7.76. The van der Waals surface area contributed by atoms with Gasteiger partial charge in [0.1, 0.15) is 0 Å². The average molecular weight is 133 g/mol. The molecule has 0 aromatic rings. The molecular formula is C3H8F3S+. The number of alkyl halides is 3. The lowest BCUT2D eigenvalue weighted by molar-refractivity contribution is 0.00819. The van der Waals surface area contributed by atoms with Gasteiger partial charge in [0.25, 0.3) is 0 Å². The van der Waals surface area contributed by atoms with Gasteiger partial charge in [0.05, 0.1) is 12.5 Å². The maximum Gasteiger partial charge on any atom is 0.379 e. The molecule has 0 aliphatic carbocycles. The number of halogens is 3. The summed E-state index contributed by atoms with van der Waals surface area (Å²) >= 11 is 1.42. The first-order chi connectivity index (χ1) is 3.15. The molecule has 0 fully saturated rings. The van der Waals surface area contributed by atoms with E-state index in [9.17, 15) is 13.2 Å². The van der Waals surface area contributed by atoms with E-state index in [0.717, 1.165) is 0 Å². The molecule has 46 valence electrons. The van der Waals surface area contributed by atoms with Gasteiger partial charge in [-0.25, -0.2) is 0 Å². The fourth-order valence-electron chi connectivity index (χ4n) is 0. The van der Waals surface area contributed by atoms with Crippen molar-refractivity contribution >= 4 is 11.8 Å². The zero-order valence-corrected chi connectivity index (χ0v) is 5.05. The lowest BCUT2D eigenvalue weighted by atomic mass is 11.6. The second-order valence-electron chi connectivity index (χ2n) is 0.695. The fraction of sp³-hybridized carbons (Fsp3) is 1.00. The topological polar surface area (TPSA) is 0 Å². The van der Waals surface area contributed by atoms with E-state index in [2.05, 4.69) is 12.5 Å². The minimum absolute atomic E-state index is 1.42. The van der Waals surface area contributed by atoms with Gasteiger partial charge >= 0.3 is 6.68 Å². The van der Waals surface area contributed by atoms with Crippen molar-refractivity contribution in [3.8, 4) is 0 Å². The third-order valence-corrected chi connectivity index (χ3v) is 0. The Balaban J connectivity index is 0. The molecule has 0 spiro atoms. The number of hydrogen-bond donors (Lipinski definition) is 0. The average Bonchev–Trinajstić information content (AvgIpc) is 1.33. The number of rotatable bonds is 0. The zero-order chi connectivity index (χ0) is 6.28. The monoisotopic (exact) mass is 133 g/mol. The normalized spacial score (nSPS) is 7.71. The Kier molecular flexibility index (Phi) is 13.8. The van der Waals surface area contributed by atoms with Gasteiger partial charge in [-0.05, 0) is 11.8 Å². The van der Waals surface area contributed by atoms with E-state index in [1.165, 1.54) is 11.8 Å². The highest BCUT2D eigenvalue weighted by atomic mass is 32.2. The van der Waals surface area contributed by atoms with Crippen LogP contribution < -0.4 is 0 Å². The summed E-state index contributed by atoms with van der Waals surface area (Å²) in [5.74, 6) is 0. The minimum Gasteiger partial charge on any atom is -0.174 e. The van der Waals surface area contributed by atoms with E-state index in [0.29, 0.717) is 0 Å². The lowest BCUT2D eigenvalue weighted by Gasteiger charge is -1.65. The molecule has 0 heterocycles. The van der Waals surface area contributed by atoms with Crippen LogP contribution in [0.3, 0.4) is 0 Å². The van der Waals surface area contributed by atoms with E-state index >= 15 is 0 Å². The van der Waals surface area contributed by atoms with Gasteiger partial charge in [-0.2, -0.15) is 13.2 Å². The van der Waals surface area contributed by atoms with Crippen molar-refractivity contribution < 1.29 is 13.2 Å². The summed E-state index contributed by atoms with van der Waals surface area (Å²) < 4.78 is 29.0. The van der Waals surface area contributed by atoms with Crippen LogP contribution in [0.4, 0.5) is 13.2 Å². The maximum atomic E-state index is 9.67. The SMILES string of the molecule is C[SH+]C.FC(F)F. The quantitative estimate of drug-likeness (QED) is 0.344. The molecule has 0 saturated heterocycles. The maximum absolute atomic E-state index is 9.67. The number of thiol groups is 1. The second-order valence-corrected chi connectivity index (χ2v) is 1.59. The molecule has 0 aromatic carbocycles. The van der Waals surface area contributed by atoms with Gasteiger partial charge in [-0.1, -0.05) is 0 Å². The van der Waals surface area contributed by atoms with E-state index < -0.39 is 6.68 Å². The van der Waals surface area contributed by atoms with Crippen molar-refractivity contribution in [2.75, 3.05) is 12.5 Å². The van der Waals surface area contributed by atoms with Crippen LogP contribution in [0.2, 0.25) is 0 Å². The molecule has 0 bridgehead atoms. The van der Waals surface area contributed by atoms with E-state index in [1.807, 2.05) is 0 Å². The van der Waals surface area contributed by atoms with Gasteiger partial charge in [0.2, 0.25) is 0 Å². The molecule has 4 heteroatoms. The summed E-state index contributed by atoms with van der Waals surface area (Å²) in [6.45, 7) is -3.67. The van der Waals surface area contributed by atoms with Crippen LogP contribution in [-0.2, 0) is 11.8 Å². The van der Waals surface area contributed by atoms with E-state index in [1.54, 1.807) is 0 Å². The van der Waals surface area contributed by atoms with Crippen LogP contribution in [0.25, 0.3) is 0 Å². The molecule has 0 unspecified atom stereocenters. The molecule has 7 heavy (non-hydrogen) atoms. The summed E-state index contributed by atoms with van der Waals surface area (Å²) in [5.41, 5.74) is 0. The molecule has 0 aliphatic heterocycles. The van der Waals surface area contributed by atoms with Crippen molar-refractivity contribution in [2.24, 2.45) is 0 Å². The third kappa shape index (κ3) is 5370. The molecule has 0 saturated carbocycles. The standard InChI is InChI=1S/C2H6S.CHF3/c1-3-2;2-1(3)4/h1-2H3;1H/p+1. The zero-order valence-electron chi connectivity index (χ0n) is 4.16. The predicted molar refractivity (Wildman–Crippen MR) is 27.7 cm³/mol. The predicted octanol–water partition coefficient (Wildman–Crippen LogP) is 1.24. The van der Waals surface area contributed by atoms with Crippen LogP contribution >= 0.6 is 0 Å². The molecule has 0 amide bonds. The molecule has 0 nitrogen and oxygen atoms in total. The minimum atomic E-state index is -3.67. The smallest absolute Gasteiger partial charge is 0.174 e. The van der Waals surface area contributed by atoms with E-state index in [-0.39, 0.29) is 0 Å². The van der Waals surface area contributed by atoms with Crippen molar-refractivity contribution in [1.82, 2.24) is 0 Å². The van der Waals surface area contributed by atoms with Gasteiger partial charge in [0, 0.05) is 0 Å². The van der Waals surface area contributed by atoms with Crippen LogP contribution in [-0.4, -0.2) is 19.2 Å². The van der Waals surface area contributed by atoms with Crippen LogP contribution in [0.15, 0.2) is 0 Å². The highest BCUT2D eigenvalue weighted by Gasteiger charge is 1.86. The van der Waals surface area contributed by atoms with Crippen molar-refractivity contribution in [2.45, 2.75) is 6.68 Å². The summed E-state index contributed by atoms with van der Waals surface area (Å²) in [6.07, 6.45) is 4.19. The molecule has 0 aromatic heterocycles. The first kappa shape index (κ1) is 10.2. The van der Waals surface area contributed by atoms with Crippen LogP contribution in [0.1, 0.15) is 0 Å². The molecule has 0 radical (unpaired) electrons. The van der Waals surface area contributed by atoms with Crippen molar-refractivity contribution in [3.63, 3.8) is 0 Å². The molecule has 0 rings (SSSR count). The molecule has 0 atom stereocenters. The molecular weight excluding hydrogens is 125 g/mol. The van der Waals surface area contributed by atoms with Gasteiger partial charge in [-0.15, -0.1) is 0 Å². The summed E-state index contributed by atoms with van der Waals surface area (Å²) in [5, 5.41) is 0. The van der Waals surface area contributed by atoms with Gasteiger partial charge in [0.15, 0.2) is 0 Å².